The molecule has 6 nitrogen and oxygen atoms in total. The van der Waals surface area contributed by atoms with Gasteiger partial charge in [0.2, 0.25) is 0 Å². The Labute approximate surface area is 114 Å². The number of nitrogens with zero attached hydrogens (tertiary/aromatic N) is 5. The summed E-state index contributed by atoms with van der Waals surface area (Å²) in [6.45, 7) is 4.10. The molecule has 1 unspecified atom stereocenters. The summed E-state index contributed by atoms with van der Waals surface area (Å²) >= 11 is 1.65. The van der Waals surface area contributed by atoms with Crippen molar-refractivity contribution in [3.05, 3.63) is 29.4 Å². The molecule has 3 aromatic rings. The average Bonchev–Trinajstić information content (AvgIpc) is 2.97. The van der Waals surface area contributed by atoms with Crippen LogP contribution in [0.25, 0.3) is 10.2 Å². The summed E-state index contributed by atoms with van der Waals surface area (Å²) in [5.41, 5.74) is 2.18. The van der Waals surface area contributed by atoms with Crippen molar-refractivity contribution in [3.63, 3.8) is 0 Å². The van der Waals surface area contributed by atoms with Gasteiger partial charge in [-0.1, -0.05) is 0 Å². The van der Waals surface area contributed by atoms with Crippen molar-refractivity contribution in [2.24, 2.45) is 7.05 Å². The first-order chi connectivity index (χ1) is 9.16. The summed E-state index contributed by atoms with van der Waals surface area (Å²) < 4.78 is 2.98. The highest BCUT2D eigenvalue weighted by molar-refractivity contribution is 7.18. The van der Waals surface area contributed by atoms with Crippen molar-refractivity contribution in [2.45, 2.75) is 19.9 Å². The van der Waals surface area contributed by atoms with Crippen LogP contribution in [0.5, 0.6) is 0 Å². The molecule has 3 rings (SSSR count). The van der Waals surface area contributed by atoms with E-state index in [1.54, 1.807) is 24.0 Å². The van der Waals surface area contributed by atoms with Crippen molar-refractivity contribution in [2.75, 3.05) is 5.32 Å². The summed E-state index contributed by atoms with van der Waals surface area (Å²) in [6, 6.07) is 0.0352. The zero-order valence-electron chi connectivity index (χ0n) is 11.0. The first-order valence-corrected chi connectivity index (χ1v) is 6.84. The number of thiophene rings is 1. The lowest BCUT2D eigenvalue weighted by Gasteiger charge is -2.13. The fourth-order valence-corrected chi connectivity index (χ4v) is 2.98. The molecule has 0 spiro atoms. The molecule has 0 saturated carbocycles. The molecule has 0 aliphatic carbocycles. The van der Waals surface area contributed by atoms with Gasteiger partial charge in [0.15, 0.2) is 5.82 Å². The van der Waals surface area contributed by atoms with Crippen LogP contribution in [-0.2, 0) is 7.05 Å². The van der Waals surface area contributed by atoms with Gasteiger partial charge in [-0.25, -0.2) is 9.97 Å². The van der Waals surface area contributed by atoms with Crippen LogP contribution >= 0.6 is 11.3 Å². The molecule has 0 aromatic carbocycles. The molecule has 0 amide bonds. The van der Waals surface area contributed by atoms with Crippen molar-refractivity contribution in [1.29, 1.82) is 0 Å². The molecule has 98 valence electrons. The molecular formula is C12H14N6S. The third kappa shape index (κ3) is 2.06. The molecule has 0 bridgehead atoms. The van der Waals surface area contributed by atoms with Gasteiger partial charge in [0, 0.05) is 7.05 Å². The van der Waals surface area contributed by atoms with E-state index in [0.29, 0.717) is 0 Å². The van der Waals surface area contributed by atoms with Crippen LogP contribution in [0.1, 0.15) is 24.4 Å². The Kier molecular flexibility index (Phi) is 2.90. The van der Waals surface area contributed by atoms with Crippen molar-refractivity contribution < 1.29 is 0 Å². The summed E-state index contributed by atoms with van der Waals surface area (Å²) in [6.07, 6.45) is 3.28. The molecular weight excluding hydrogens is 260 g/mol. The standard InChI is InChI=1S/C12H14N6S/c1-7-4-19-10-9(7)13-5-14-11(10)16-8(2)12-17-15-6-18(12)3/h4-6,8H,1-3H3,(H,13,14,16). The van der Waals surface area contributed by atoms with Gasteiger partial charge in [0.25, 0.3) is 0 Å². The summed E-state index contributed by atoms with van der Waals surface area (Å²) in [4.78, 5) is 8.65. The SMILES string of the molecule is Cc1csc2c(NC(C)c3nncn3C)ncnc12. The average molecular weight is 274 g/mol. The molecule has 0 radical (unpaired) electrons. The largest absolute Gasteiger partial charge is 0.359 e. The monoisotopic (exact) mass is 274 g/mol. The van der Waals surface area contributed by atoms with Gasteiger partial charge in [-0.3, -0.25) is 0 Å². The molecule has 0 saturated heterocycles. The van der Waals surface area contributed by atoms with E-state index in [2.05, 4.69) is 37.8 Å². The van der Waals surface area contributed by atoms with E-state index in [1.165, 1.54) is 5.56 Å². The van der Waals surface area contributed by atoms with Crippen LogP contribution in [0.4, 0.5) is 5.82 Å². The predicted octanol–water partition coefficient (Wildman–Crippen LogP) is 2.30. The quantitative estimate of drug-likeness (QED) is 0.793. The first kappa shape index (κ1) is 12.0. The van der Waals surface area contributed by atoms with Gasteiger partial charge < -0.3 is 9.88 Å². The van der Waals surface area contributed by atoms with Crippen LogP contribution in [0.3, 0.4) is 0 Å². The fourth-order valence-electron chi connectivity index (χ4n) is 2.03. The summed E-state index contributed by atoms with van der Waals surface area (Å²) in [7, 11) is 1.93. The molecule has 1 atom stereocenters. The normalized spacial score (nSPS) is 12.8. The Morgan fingerprint density at radius 2 is 2.21 bits per heavy atom. The Balaban J connectivity index is 1.95. The molecule has 1 N–H and O–H groups in total. The van der Waals surface area contributed by atoms with E-state index in [-0.39, 0.29) is 6.04 Å². The van der Waals surface area contributed by atoms with E-state index in [9.17, 15) is 0 Å². The number of aryl methyl sites for hydroxylation is 2. The van der Waals surface area contributed by atoms with E-state index < -0.39 is 0 Å². The predicted molar refractivity (Wildman–Crippen MR) is 75.2 cm³/mol. The lowest BCUT2D eigenvalue weighted by atomic mass is 10.3. The molecule has 0 aliphatic rings. The first-order valence-electron chi connectivity index (χ1n) is 5.96. The fraction of sp³-hybridized carbons (Fsp3) is 0.333. The van der Waals surface area contributed by atoms with Gasteiger partial charge in [-0.05, 0) is 24.8 Å². The van der Waals surface area contributed by atoms with Crippen LogP contribution in [0.2, 0.25) is 0 Å². The van der Waals surface area contributed by atoms with E-state index >= 15 is 0 Å². The van der Waals surface area contributed by atoms with Crippen LogP contribution < -0.4 is 5.32 Å². The van der Waals surface area contributed by atoms with Gasteiger partial charge in [-0.2, -0.15) is 0 Å². The van der Waals surface area contributed by atoms with Gasteiger partial charge in [-0.15, -0.1) is 21.5 Å². The molecule has 0 aliphatic heterocycles. The molecule has 19 heavy (non-hydrogen) atoms. The van der Waals surface area contributed by atoms with Gasteiger partial charge in [0.05, 0.1) is 16.3 Å². The highest BCUT2D eigenvalue weighted by Gasteiger charge is 2.14. The van der Waals surface area contributed by atoms with E-state index in [4.69, 9.17) is 0 Å². The topological polar surface area (TPSA) is 68.5 Å². The minimum Gasteiger partial charge on any atom is -0.359 e. The van der Waals surface area contributed by atoms with Crippen LogP contribution in [-0.4, -0.2) is 24.7 Å². The number of anilines is 1. The van der Waals surface area contributed by atoms with Gasteiger partial charge in [0.1, 0.15) is 18.5 Å². The maximum atomic E-state index is 4.33. The number of hydrogen-bond donors (Lipinski definition) is 1. The zero-order valence-corrected chi connectivity index (χ0v) is 11.8. The lowest BCUT2D eigenvalue weighted by molar-refractivity contribution is 0.717. The molecule has 3 aromatic heterocycles. The Hall–Kier alpha value is -2.02. The van der Waals surface area contributed by atoms with Crippen molar-refractivity contribution in [1.82, 2.24) is 24.7 Å². The Morgan fingerprint density at radius 1 is 1.37 bits per heavy atom. The lowest BCUT2D eigenvalue weighted by Crippen LogP contribution is -2.12. The second kappa shape index (κ2) is 4.58. The highest BCUT2D eigenvalue weighted by Crippen LogP contribution is 2.30. The molecule has 7 heteroatoms. The number of aromatic nitrogens is 5. The second-order valence-electron chi connectivity index (χ2n) is 4.48. The molecule has 3 heterocycles. The van der Waals surface area contributed by atoms with E-state index in [0.717, 1.165) is 21.9 Å². The minimum atomic E-state index is 0.0352. The summed E-state index contributed by atoms with van der Waals surface area (Å²) in [5.74, 6) is 1.72. The van der Waals surface area contributed by atoms with Crippen LogP contribution in [0.15, 0.2) is 18.0 Å². The molecule has 0 fully saturated rings. The third-order valence-corrected chi connectivity index (χ3v) is 4.11. The highest BCUT2D eigenvalue weighted by atomic mass is 32.1. The Morgan fingerprint density at radius 3 is 2.95 bits per heavy atom. The van der Waals surface area contributed by atoms with Crippen LogP contribution in [0, 0.1) is 6.92 Å². The number of hydrogen-bond acceptors (Lipinski definition) is 6. The zero-order chi connectivity index (χ0) is 13.4. The van der Waals surface area contributed by atoms with Gasteiger partial charge >= 0.3 is 0 Å². The Bertz CT molecular complexity index is 716. The second-order valence-corrected chi connectivity index (χ2v) is 5.36. The number of fused-ring (bicyclic) bond motifs is 1. The minimum absolute atomic E-state index is 0.0352. The maximum absolute atomic E-state index is 4.33. The van der Waals surface area contributed by atoms with Crippen molar-refractivity contribution in [3.8, 4) is 0 Å². The smallest absolute Gasteiger partial charge is 0.154 e. The number of nitrogens with one attached hydrogen (secondary N) is 1. The van der Waals surface area contributed by atoms with E-state index in [1.807, 2.05) is 18.5 Å². The maximum Gasteiger partial charge on any atom is 0.154 e. The summed E-state index contributed by atoms with van der Waals surface area (Å²) in [5, 5.41) is 13.5. The van der Waals surface area contributed by atoms with Crippen molar-refractivity contribution >= 4 is 27.4 Å². The number of rotatable bonds is 3. The third-order valence-electron chi connectivity index (χ3n) is 3.02.